The zero-order chi connectivity index (χ0) is 19.7. The summed E-state index contributed by atoms with van der Waals surface area (Å²) in [5.41, 5.74) is 3.15. The summed E-state index contributed by atoms with van der Waals surface area (Å²) in [5, 5.41) is 16.3. The van der Waals surface area contributed by atoms with Crippen LogP contribution >= 0.6 is 0 Å². The van der Waals surface area contributed by atoms with Gasteiger partial charge in [-0.05, 0) is 44.8 Å². The third kappa shape index (κ3) is 6.14. The zero-order valence-electron chi connectivity index (χ0n) is 17.3. The van der Waals surface area contributed by atoms with Gasteiger partial charge in [-0.2, -0.15) is 10.4 Å². The number of aryl methyl sites for hydroxylation is 2. The zero-order valence-corrected chi connectivity index (χ0v) is 17.3. The predicted molar refractivity (Wildman–Crippen MR) is 105 cm³/mol. The average molecular weight is 362 g/mol. The minimum Gasteiger partial charge on any atom is -0.355 e. The highest BCUT2D eigenvalue weighted by molar-refractivity contribution is 5.76. The first-order valence-electron chi connectivity index (χ1n) is 9.76. The normalized spacial score (nSPS) is 12.4. The quantitative estimate of drug-likeness (QED) is 0.658. The fourth-order valence-corrected chi connectivity index (χ4v) is 3.49. The lowest BCUT2D eigenvalue weighted by Crippen LogP contribution is -2.46. The summed E-state index contributed by atoms with van der Waals surface area (Å²) in [5.74, 6) is 0.587. The highest BCUT2D eigenvalue weighted by Crippen LogP contribution is 2.16. The van der Waals surface area contributed by atoms with Crippen LogP contribution in [0.25, 0.3) is 0 Å². The van der Waals surface area contributed by atoms with Gasteiger partial charge in [-0.15, -0.1) is 0 Å². The molecule has 6 nitrogen and oxygen atoms in total. The molecule has 1 aromatic rings. The molecule has 1 N–H and O–H groups in total. The van der Waals surface area contributed by atoms with Gasteiger partial charge in [-0.3, -0.25) is 14.4 Å². The topological polar surface area (TPSA) is 74.0 Å². The first-order valence-corrected chi connectivity index (χ1v) is 9.76. The van der Waals surface area contributed by atoms with Crippen molar-refractivity contribution in [2.45, 2.75) is 73.4 Å². The molecule has 0 aromatic carbocycles. The van der Waals surface area contributed by atoms with Gasteiger partial charge in [0.2, 0.25) is 5.91 Å². The predicted octanol–water partition coefficient (Wildman–Crippen LogP) is 2.83. The van der Waals surface area contributed by atoms with Crippen molar-refractivity contribution >= 4 is 5.91 Å². The van der Waals surface area contributed by atoms with Crippen LogP contribution in [0.3, 0.4) is 0 Å². The van der Waals surface area contributed by atoms with Crippen LogP contribution in [0.1, 0.15) is 57.5 Å². The molecule has 1 aromatic heterocycles. The number of carbonyl (C=O) groups is 1. The summed E-state index contributed by atoms with van der Waals surface area (Å²) in [4.78, 5) is 14.7. The summed E-state index contributed by atoms with van der Waals surface area (Å²) in [7, 11) is 0. The van der Waals surface area contributed by atoms with Crippen LogP contribution in [0.4, 0.5) is 0 Å². The lowest BCUT2D eigenvalue weighted by molar-refractivity contribution is -0.121. The second-order valence-electron chi connectivity index (χ2n) is 7.12. The molecule has 0 saturated carbocycles. The Hall–Kier alpha value is -1.87. The number of carbonyl (C=O) groups excluding carboxylic acids is 1. The van der Waals surface area contributed by atoms with E-state index in [1.54, 1.807) is 0 Å². The monoisotopic (exact) mass is 361 g/mol. The van der Waals surface area contributed by atoms with Gasteiger partial charge in [0.15, 0.2) is 0 Å². The molecule has 1 unspecified atom stereocenters. The minimum atomic E-state index is 0.0892. The van der Waals surface area contributed by atoms with Gasteiger partial charge >= 0.3 is 0 Å². The van der Waals surface area contributed by atoms with Crippen molar-refractivity contribution < 1.29 is 4.79 Å². The van der Waals surface area contributed by atoms with Crippen molar-refractivity contribution in [2.24, 2.45) is 5.92 Å². The summed E-state index contributed by atoms with van der Waals surface area (Å²) in [6, 6.07) is 2.52. The van der Waals surface area contributed by atoms with E-state index in [-0.39, 0.29) is 5.91 Å². The van der Waals surface area contributed by atoms with E-state index in [1.807, 2.05) is 18.5 Å². The molecule has 1 amide bonds. The van der Waals surface area contributed by atoms with Gasteiger partial charge in [0.1, 0.15) is 0 Å². The maximum absolute atomic E-state index is 12.3. The molecular weight excluding hydrogens is 326 g/mol. The van der Waals surface area contributed by atoms with E-state index in [2.05, 4.69) is 49.1 Å². The van der Waals surface area contributed by atoms with E-state index in [9.17, 15) is 4.79 Å². The van der Waals surface area contributed by atoms with Crippen molar-refractivity contribution in [1.29, 1.82) is 5.26 Å². The molecule has 6 heteroatoms. The van der Waals surface area contributed by atoms with Crippen LogP contribution in [0, 0.1) is 31.1 Å². The number of hydrogen-bond acceptors (Lipinski definition) is 4. The number of nitrogens with one attached hydrogen (secondary N) is 1. The van der Waals surface area contributed by atoms with Crippen molar-refractivity contribution in [3.05, 3.63) is 17.0 Å². The molecule has 0 aliphatic heterocycles. The lowest BCUT2D eigenvalue weighted by atomic mass is 10.0. The fraction of sp³-hybridized carbons (Fsp3) is 0.750. The Bertz CT molecular complexity index is 610. The van der Waals surface area contributed by atoms with E-state index in [1.165, 1.54) is 0 Å². The first kappa shape index (κ1) is 22.2. The summed E-state index contributed by atoms with van der Waals surface area (Å²) in [6.45, 7) is 16.0. The molecule has 0 bridgehead atoms. The maximum Gasteiger partial charge on any atom is 0.220 e. The molecule has 0 spiro atoms. The largest absolute Gasteiger partial charge is 0.355 e. The standard InChI is InChI=1S/C20H35N5O/c1-7-24(8-2)19(15(3)4)14-22-20(26)11-10-18-16(5)23-25(17(18)6)13-9-12-21/h15,19H,7-11,13-14H2,1-6H3,(H,22,26). The number of hydrogen-bond donors (Lipinski definition) is 1. The van der Waals surface area contributed by atoms with Crippen molar-refractivity contribution in [1.82, 2.24) is 20.0 Å². The molecular formula is C20H35N5O. The third-order valence-corrected chi connectivity index (χ3v) is 5.13. The third-order valence-electron chi connectivity index (χ3n) is 5.13. The maximum atomic E-state index is 12.3. The molecule has 1 atom stereocenters. The molecule has 146 valence electrons. The summed E-state index contributed by atoms with van der Waals surface area (Å²) in [6.07, 6.45) is 1.60. The minimum absolute atomic E-state index is 0.0892. The van der Waals surface area contributed by atoms with Gasteiger partial charge < -0.3 is 5.32 Å². The van der Waals surface area contributed by atoms with Crippen LogP contribution < -0.4 is 5.32 Å². The molecule has 1 heterocycles. The van der Waals surface area contributed by atoms with E-state index >= 15 is 0 Å². The van der Waals surface area contributed by atoms with Crippen LogP contribution in [0.15, 0.2) is 0 Å². The molecule has 0 radical (unpaired) electrons. The smallest absolute Gasteiger partial charge is 0.220 e. The number of amides is 1. The van der Waals surface area contributed by atoms with Gasteiger partial charge in [-0.25, -0.2) is 0 Å². The Labute approximate surface area is 158 Å². The molecule has 26 heavy (non-hydrogen) atoms. The number of aromatic nitrogens is 2. The van der Waals surface area contributed by atoms with Gasteiger partial charge in [0.25, 0.3) is 0 Å². The van der Waals surface area contributed by atoms with E-state index < -0.39 is 0 Å². The van der Waals surface area contributed by atoms with Crippen LogP contribution in [-0.4, -0.2) is 46.3 Å². The Morgan fingerprint density at radius 3 is 2.50 bits per heavy atom. The van der Waals surface area contributed by atoms with Gasteiger partial charge in [0, 0.05) is 24.7 Å². The van der Waals surface area contributed by atoms with E-state index in [4.69, 9.17) is 5.26 Å². The highest BCUT2D eigenvalue weighted by atomic mass is 16.1. The van der Waals surface area contributed by atoms with Crippen LogP contribution in [0.2, 0.25) is 0 Å². The van der Waals surface area contributed by atoms with Gasteiger partial charge in [-0.1, -0.05) is 27.7 Å². The fourth-order valence-electron chi connectivity index (χ4n) is 3.49. The van der Waals surface area contributed by atoms with E-state index in [0.29, 0.717) is 44.3 Å². The Morgan fingerprint density at radius 1 is 1.31 bits per heavy atom. The van der Waals surface area contributed by atoms with Crippen molar-refractivity contribution in [2.75, 3.05) is 19.6 Å². The average Bonchev–Trinajstić information content (AvgIpc) is 2.87. The number of nitriles is 1. The SMILES string of the molecule is CCN(CC)C(CNC(=O)CCc1c(C)nn(CCC#N)c1C)C(C)C. The number of rotatable bonds is 11. The first-order chi connectivity index (χ1) is 12.3. The van der Waals surface area contributed by atoms with Crippen molar-refractivity contribution in [3.8, 4) is 6.07 Å². The van der Waals surface area contributed by atoms with Crippen molar-refractivity contribution in [3.63, 3.8) is 0 Å². The lowest BCUT2D eigenvalue weighted by Gasteiger charge is -2.32. The molecule has 0 aliphatic carbocycles. The van der Waals surface area contributed by atoms with Gasteiger partial charge in [0.05, 0.1) is 24.7 Å². The van der Waals surface area contributed by atoms with E-state index in [0.717, 1.165) is 30.0 Å². The Balaban J connectivity index is 2.59. The molecule has 1 rings (SSSR count). The number of nitrogens with zero attached hydrogens (tertiary/aromatic N) is 4. The summed E-state index contributed by atoms with van der Waals surface area (Å²) >= 11 is 0. The second-order valence-corrected chi connectivity index (χ2v) is 7.12. The molecule has 0 saturated heterocycles. The molecule has 0 aliphatic rings. The summed E-state index contributed by atoms with van der Waals surface area (Å²) < 4.78 is 1.88. The van der Waals surface area contributed by atoms with Crippen LogP contribution in [0.5, 0.6) is 0 Å². The second kappa shape index (κ2) is 11.0. The van der Waals surface area contributed by atoms with Crippen LogP contribution in [-0.2, 0) is 17.8 Å². The Kier molecular flexibility index (Phi) is 9.36. The Morgan fingerprint density at radius 2 is 1.96 bits per heavy atom. The molecule has 0 fully saturated rings. The highest BCUT2D eigenvalue weighted by Gasteiger charge is 2.20. The number of likely N-dealkylation sites (N-methyl/N-ethyl adjacent to an activating group) is 1.